The SMILES string of the molecule is CCNC(=NCc1cc2c(cc1OC)CC(C)O2)NC(C)CC.I. The molecule has 2 rings (SSSR count). The summed E-state index contributed by atoms with van der Waals surface area (Å²) in [5.41, 5.74) is 2.26. The van der Waals surface area contributed by atoms with Crippen LogP contribution in [0.3, 0.4) is 0 Å². The normalized spacial score (nSPS) is 17.4. The fourth-order valence-corrected chi connectivity index (χ4v) is 2.61. The zero-order chi connectivity index (χ0) is 16.8. The molecule has 24 heavy (non-hydrogen) atoms. The molecular formula is C18H30IN3O2. The van der Waals surface area contributed by atoms with E-state index in [0.717, 1.165) is 42.4 Å². The smallest absolute Gasteiger partial charge is 0.191 e. The number of methoxy groups -OCH3 is 1. The van der Waals surface area contributed by atoms with Crippen molar-refractivity contribution in [2.75, 3.05) is 13.7 Å². The molecule has 1 aromatic rings. The number of nitrogens with one attached hydrogen (secondary N) is 2. The summed E-state index contributed by atoms with van der Waals surface area (Å²) in [5.74, 6) is 2.67. The molecule has 1 heterocycles. The highest BCUT2D eigenvalue weighted by Crippen LogP contribution is 2.35. The van der Waals surface area contributed by atoms with Crippen molar-refractivity contribution in [3.05, 3.63) is 23.3 Å². The van der Waals surface area contributed by atoms with Gasteiger partial charge in [0, 0.05) is 30.1 Å². The van der Waals surface area contributed by atoms with E-state index in [0.29, 0.717) is 12.6 Å². The van der Waals surface area contributed by atoms with Crippen LogP contribution in [0.25, 0.3) is 0 Å². The highest BCUT2D eigenvalue weighted by Gasteiger charge is 2.21. The van der Waals surface area contributed by atoms with Crippen LogP contribution in [0.4, 0.5) is 0 Å². The molecule has 0 spiro atoms. The quantitative estimate of drug-likeness (QED) is 0.398. The van der Waals surface area contributed by atoms with Crippen LogP contribution >= 0.6 is 24.0 Å². The second kappa shape index (κ2) is 9.96. The van der Waals surface area contributed by atoms with Crippen molar-refractivity contribution in [2.24, 2.45) is 4.99 Å². The molecule has 1 aliphatic heterocycles. The van der Waals surface area contributed by atoms with Crippen LogP contribution < -0.4 is 20.1 Å². The van der Waals surface area contributed by atoms with Gasteiger partial charge in [0.2, 0.25) is 0 Å². The van der Waals surface area contributed by atoms with Crippen LogP contribution in [0.5, 0.6) is 11.5 Å². The first-order chi connectivity index (χ1) is 11.1. The second-order valence-corrected chi connectivity index (χ2v) is 6.05. The number of guanidine groups is 1. The van der Waals surface area contributed by atoms with Crippen molar-refractivity contribution in [1.29, 1.82) is 0 Å². The minimum Gasteiger partial charge on any atom is -0.496 e. The number of benzene rings is 1. The van der Waals surface area contributed by atoms with Crippen LogP contribution in [0, 0.1) is 0 Å². The molecule has 0 saturated carbocycles. The van der Waals surface area contributed by atoms with E-state index < -0.39 is 0 Å². The molecule has 0 aromatic heterocycles. The number of ether oxygens (including phenoxy) is 2. The number of rotatable bonds is 6. The molecule has 0 saturated heterocycles. The molecule has 0 aliphatic carbocycles. The van der Waals surface area contributed by atoms with Gasteiger partial charge in [0.05, 0.1) is 13.7 Å². The number of hydrogen-bond acceptors (Lipinski definition) is 3. The first kappa shape index (κ1) is 20.9. The van der Waals surface area contributed by atoms with Gasteiger partial charge in [-0.25, -0.2) is 4.99 Å². The average Bonchev–Trinajstić information content (AvgIpc) is 2.90. The summed E-state index contributed by atoms with van der Waals surface area (Å²) in [4.78, 5) is 4.68. The standard InChI is InChI=1S/C18H29N3O2.HI/c1-6-12(3)21-18(19-7-2)20-11-15-10-17-14(8-13(4)23-17)9-16(15)22-5;/h9-10,12-13H,6-8,11H2,1-5H3,(H2,19,20,21);1H. The summed E-state index contributed by atoms with van der Waals surface area (Å²) in [6.07, 6.45) is 2.23. The van der Waals surface area contributed by atoms with E-state index >= 15 is 0 Å². The second-order valence-electron chi connectivity index (χ2n) is 6.05. The van der Waals surface area contributed by atoms with Crippen LogP contribution in [-0.4, -0.2) is 31.8 Å². The van der Waals surface area contributed by atoms with E-state index in [1.54, 1.807) is 7.11 Å². The largest absolute Gasteiger partial charge is 0.496 e. The van der Waals surface area contributed by atoms with Crippen LogP contribution in [0.2, 0.25) is 0 Å². The lowest BCUT2D eigenvalue weighted by Gasteiger charge is -2.16. The molecule has 0 fully saturated rings. The Morgan fingerprint density at radius 1 is 1.42 bits per heavy atom. The zero-order valence-corrected chi connectivity index (χ0v) is 17.6. The summed E-state index contributed by atoms with van der Waals surface area (Å²) in [7, 11) is 1.71. The van der Waals surface area contributed by atoms with Gasteiger partial charge in [-0.1, -0.05) is 6.92 Å². The van der Waals surface area contributed by atoms with Gasteiger partial charge in [-0.3, -0.25) is 0 Å². The lowest BCUT2D eigenvalue weighted by atomic mass is 10.1. The van der Waals surface area contributed by atoms with E-state index in [4.69, 9.17) is 9.47 Å². The zero-order valence-electron chi connectivity index (χ0n) is 15.3. The third kappa shape index (κ3) is 5.43. The molecule has 1 aliphatic rings. The van der Waals surface area contributed by atoms with E-state index in [1.165, 1.54) is 5.56 Å². The van der Waals surface area contributed by atoms with E-state index in [9.17, 15) is 0 Å². The lowest BCUT2D eigenvalue weighted by Crippen LogP contribution is -2.41. The van der Waals surface area contributed by atoms with Crippen molar-refractivity contribution in [3.8, 4) is 11.5 Å². The Kier molecular flexibility index (Phi) is 8.66. The van der Waals surface area contributed by atoms with Gasteiger partial charge in [0.1, 0.15) is 17.6 Å². The van der Waals surface area contributed by atoms with Crippen LogP contribution in [0.15, 0.2) is 17.1 Å². The summed E-state index contributed by atoms with van der Waals surface area (Å²) >= 11 is 0. The minimum atomic E-state index is 0. The number of aliphatic imine (C=N–C) groups is 1. The van der Waals surface area contributed by atoms with Gasteiger partial charge in [0.25, 0.3) is 0 Å². The van der Waals surface area contributed by atoms with Gasteiger partial charge < -0.3 is 20.1 Å². The highest BCUT2D eigenvalue weighted by molar-refractivity contribution is 14.0. The van der Waals surface area contributed by atoms with E-state index in [1.807, 2.05) is 0 Å². The lowest BCUT2D eigenvalue weighted by molar-refractivity contribution is 0.254. The Balaban J connectivity index is 0.00000288. The molecule has 0 radical (unpaired) electrons. The molecule has 0 amide bonds. The minimum absolute atomic E-state index is 0. The van der Waals surface area contributed by atoms with Crippen molar-refractivity contribution in [2.45, 2.75) is 59.2 Å². The molecule has 2 atom stereocenters. The third-order valence-corrected chi connectivity index (χ3v) is 4.05. The first-order valence-corrected chi connectivity index (χ1v) is 8.48. The number of hydrogen-bond donors (Lipinski definition) is 2. The first-order valence-electron chi connectivity index (χ1n) is 8.48. The van der Waals surface area contributed by atoms with Crippen LogP contribution in [0.1, 0.15) is 45.2 Å². The Morgan fingerprint density at radius 2 is 2.17 bits per heavy atom. The molecule has 1 aromatic carbocycles. The highest BCUT2D eigenvalue weighted by atomic mass is 127. The average molecular weight is 447 g/mol. The summed E-state index contributed by atoms with van der Waals surface area (Å²) < 4.78 is 11.4. The van der Waals surface area contributed by atoms with Gasteiger partial charge in [-0.05, 0) is 39.3 Å². The third-order valence-electron chi connectivity index (χ3n) is 4.05. The molecule has 0 bridgehead atoms. The van der Waals surface area contributed by atoms with Gasteiger partial charge >= 0.3 is 0 Å². The molecular weight excluding hydrogens is 417 g/mol. The fraction of sp³-hybridized carbons (Fsp3) is 0.611. The predicted molar refractivity (Wildman–Crippen MR) is 110 cm³/mol. The maximum Gasteiger partial charge on any atom is 0.191 e. The predicted octanol–water partition coefficient (Wildman–Crippen LogP) is 3.49. The van der Waals surface area contributed by atoms with E-state index in [-0.39, 0.29) is 30.1 Å². The Bertz CT molecular complexity index is 563. The fourth-order valence-electron chi connectivity index (χ4n) is 2.61. The van der Waals surface area contributed by atoms with Gasteiger partial charge in [-0.2, -0.15) is 0 Å². The molecule has 5 nitrogen and oxygen atoms in total. The number of halogens is 1. The summed E-state index contributed by atoms with van der Waals surface area (Å²) in [5, 5.41) is 6.68. The van der Waals surface area contributed by atoms with Crippen LogP contribution in [-0.2, 0) is 13.0 Å². The Hall–Kier alpha value is -1.18. The molecule has 2 N–H and O–H groups in total. The van der Waals surface area contributed by atoms with Gasteiger partial charge in [-0.15, -0.1) is 24.0 Å². The van der Waals surface area contributed by atoms with E-state index in [2.05, 4.69) is 55.5 Å². The maximum absolute atomic E-state index is 5.85. The molecule has 136 valence electrons. The molecule has 6 heteroatoms. The molecule has 2 unspecified atom stereocenters. The topological polar surface area (TPSA) is 54.9 Å². The van der Waals surface area contributed by atoms with Crippen molar-refractivity contribution >= 4 is 29.9 Å². The van der Waals surface area contributed by atoms with Crippen molar-refractivity contribution < 1.29 is 9.47 Å². The number of nitrogens with zero attached hydrogens (tertiary/aromatic N) is 1. The van der Waals surface area contributed by atoms with Crippen molar-refractivity contribution in [1.82, 2.24) is 10.6 Å². The Labute approximate surface area is 162 Å². The van der Waals surface area contributed by atoms with Gasteiger partial charge in [0.15, 0.2) is 5.96 Å². The maximum atomic E-state index is 5.85. The monoisotopic (exact) mass is 447 g/mol. The number of fused-ring (bicyclic) bond motifs is 1. The Morgan fingerprint density at radius 3 is 2.79 bits per heavy atom. The summed E-state index contributed by atoms with van der Waals surface area (Å²) in [6, 6.07) is 4.53. The summed E-state index contributed by atoms with van der Waals surface area (Å²) in [6.45, 7) is 9.86. The van der Waals surface area contributed by atoms with Crippen molar-refractivity contribution in [3.63, 3.8) is 0 Å².